The van der Waals surface area contributed by atoms with Crippen LogP contribution in [0.3, 0.4) is 0 Å². The van der Waals surface area contributed by atoms with Gasteiger partial charge in [0.2, 0.25) is 5.89 Å². The number of hydrogen-bond donors (Lipinski definition) is 0. The Morgan fingerprint density at radius 1 is 1.18 bits per heavy atom. The molecule has 3 aromatic heterocycles. The molecule has 0 radical (unpaired) electrons. The molecule has 112 valence electrons. The van der Waals surface area contributed by atoms with Gasteiger partial charge < -0.3 is 8.83 Å². The van der Waals surface area contributed by atoms with Crippen LogP contribution >= 0.6 is 0 Å². The standard InChI is InChI=1S/C16H16N4O2/c1-2-7-17-13(4-1)11-20-8-6-12(10-20)15-18-19-16(22-15)14-5-3-9-21-14/h1-5,7,9,12H,6,8,10-11H2. The molecule has 0 amide bonds. The molecule has 1 aliphatic rings. The van der Waals surface area contributed by atoms with Crippen LogP contribution in [0.25, 0.3) is 11.7 Å². The Labute approximate surface area is 127 Å². The molecule has 0 saturated carbocycles. The van der Waals surface area contributed by atoms with Gasteiger partial charge in [0.05, 0.1) is 17.9 Å². The van der Waals surface area contributed by atoms with Gasteiger partial charge in [0.1, 0.15) is 0 Å². The average Bonchev–Trinajstić information content (AvgIpc) is 3.29. The molecule has 0 spiro atoms. The SMILES string of the molecule is c1ccc(CN2CCC(c3nnc(-c4ccco4)o3)C2)nc1. The summed E-state index contributed by atoms with van der Waals surface area (Å²) < 4.78 is 11.0. The molecule has 1 aliphatic heterocycles. The first-order valence-electron chi connectivity index (χ1n) is 7.38. The highest BCUT2D eigenvalue weighted by atomic mass is 16.4. The molecule has 1 saturated heterocycles. The topological polar surface area (TPSA) is 68.2 Å². The molecule has 22 heavy (non-hydrogen) atoms. The molecule has 4 heterocycles. The number of nitrogens with zero attached hydrogens (tertiary/aromatic N) is 4. The fourth-order valence-electron chi connectivity index (χ4n) is 2.80. The molecule has 4 rings (SSSR count). The van der Waals surface area contributed by atoms with Crippen LogP contribution in [-0.4, -0.2) is 33.2 Å². The molecule has 1 fully saturated rings. The molecule has 0 aliphatic carbocycles. The van der Waals surface area contributed by atoms with E-state index in [1.165, 1.54) is 0 Å². The summed E-state index contributed by atoms with van der Waals surface area (Å²) in [5, 5.41) is 8.25. The van der Waals surface area contributed by atoms with Crippen LogP contribution in [0, 0.1) is 0 Å². The molecular formula is C16H16N4O2. The van der Waals surface area contributed by atoms with Crippen molar-refractivity contribution in [2.75, 3.05) is 13.1 Å². The minimum Gasteiger partial charge on any atom is -0.459 e. The van der Waals surface area contributed by atoms with Crippen molar-refractivity contribution in [3.8, 4) is 11.7 Å². The van der Waals surface area contributed by atoms with Crippen molar-refractivity contribution < 1.29 is 8.83 Å². The van der Waals surface area contributed by atoms with E-state index in [0.29, 0.717) is 17.5 Å². The predicted octanol–water partition coefficient (Wildman–Crippen LogP) is 2.71. The highest BCUT2D eigenvalue weighted by Gasteiger charge is 2.28. The molecule has 1 atom stereocenters. The number of furan rings is 1. The first-order chi connectivity index (χ1) is 10.9. The summed E-state index contributed by atoms with van der Waals surface area (Å²) in [4.78, 5) is 6.74. The summed E-state index contributed by atoms with van der Waals surface area (Å²) >= 11 is 0. The van der Waals surface area contributed by atoms with E-state index >= 15 is 0 Å². The van der Waals surface area contributed by atoms with Gasteiger partial charge in [-0.3, -0.25) is 9.88 Å². The molecule has 3 aromatic rings. The Kier molecular flexibility index (Phi) is 3.44. The van der Waals surface area contributed by atoms with Crippen molar-refractivity contribution in [1.29, 1.82) is 0 Å². The zero-order chi connectivity index (χ0) is 14.8. The lowest BCUT2D eigenvalue weighted by atomic mass is 10.1. The summed E-state index contributed by atoms with van der Waals surface area (Å²) in [5.41, 5.74) is 1.09. The van der Waals surface area contributed by atoms with Crippen LogP contribution in [0.15, 0.2) is 51.6 Å². The van der Waals surface area contributed by atoms with Crippen molar-refractivity contribution in [3.05, 3.63) is 54.4 Å². The Bertz CT molecular complexity index is 724. The van der Waals surface area contributed by atoms with Gasteiger partial charge in [0.15, 0.2) is 5.76 Å². The molecule has 6 nitrogen and oxygen atoms in total. The van der Waals surface area contributed by atoms with Gasteiger partial charge in [-0.2, -0.15) is 0 Å². The fraction of sp³-hybridized carbons (Fsp3) is 0.312. The molecule has 0 N–H and O–H groups in total. The van der Waals surface area contributed by atoms with Crippen molar-refractivity contribution in [2.24, 2.45) is 0 Å². The van der Waals surface area contributed by atoms with Gasteiger partial charge in [-0.1, -0.05) is 6.07 Å². The van der Waals surface area contributed by atoms with E-state index in [1.54, 1.807) is 6.26 Å². The summed E-state index contributed by atoms with van der Waals surface area (Å²) in [6.07, 6.45) is 4.45. The zero-order valence-corrected chi connectivity index (χ0v) is 12.1. The molecule has 0 aromatic carbocycles. The number of hydrogen-bond acceptors (Lipinski definition) is 6. The maximum absolute atomic E-state index is 5.75. The lowest BCUT2D eigenvalue weighted by Crippen LogP contribution is -2.20. The first kappa shape index (κ1) is 13.2. The van der Waals surface area contributed by atoms with Crippen molar-refractivity contribution in [2.45, 2.75) is 18.9 Å². The normalized spacial score (nSPS) is 18.8. The maximum atomic E-state index is 5.75. The fourth-order valence-corrected chi connectivity index (χ4v) is 2.80. The zero-order valence-electron chi connectivity index (χ0n) is 12.1. The third-order valence-corrected chi connectivity index (χ3v) is 3.91. The van der Waals surface area contributed by atoms with Crippen molar-refractivity contribution >= 4 is 0 Å². The van der Waals surface area contributed by atoms with Gasteiger partial charge in [-0.05, 0) is 37.2 Å². The lowest BCUT2D eigenvalue weighted by molar-refractivity contribution is 0.316. The van der Waals surface area contributed by atoms with Crippen LogP contribution in [0.1, 0.15) is 23.9 Å². The Balaban J connectivity index is 1.42. The van der Waals surface area contributed by atoms with Gasteiger partial charge >= 0.3 is 0 Å². The lowest BCUT2D eigenvalue weighted by Gasteiger charge is -2.14. The smallest absolute Gasteiger partial charge is 0.283 e. The van der Waals surface area contributed by atoms with Crippen LogP contribution in [-0.2, 0) is 6.54 Å². The van der Waals surface area contributed by atoms with E-state index < -0.39 is 0 Å². The second-order valence-corrected chi connectivity index (χ2v) is 5.46. The maximum Gasteiger partial charge on any atom is 0.283 e. The summed E-state index contributed by atoms with van der Waals surface area (Å²) in [6.45, 7) is 2.78. The van der Waals surface area contributed by atoms with Gasteiger partial charge in [-0.15, -0.1) is 10.2 Å². The van der Waals surface area contributed by atoms with Crippen molar-refractivity contribution in [1.82, 2.24) is 20.1 Å². The minimum absolute atomic E-state index is 0.278. The van der Waals surface area contributed by atoms with Crippen LogP contribution in [0.5, 0.6) is 0 Å². The highest BCUT2D eigenvalue weighted by Crippen LogP contribution is 2.29. The quantitative estimate of drug-likeness (QED) is 0.737. The van der Waals surface area contributed by atoms with Crippen LogP contribution in [0.4, 0.5) is 0 Å². The monoisotopic (exact) mass is 296 g/mol. The molecule has 0 bridgehead atoms. The summed E-state index contributed by atoms with van der Waals surface area (Å²) in [7, 11) is 0. The second kappa shape index (κ2) is 5.73. The average molecular weight is 296 g/mol. The van der Waals surface area contributed by atoms with Crippen LogP contribution < -0.4 is 0 Å². The van der Waals surface area contributed by atoms with Gasteiger partial charge in [0.25, 0.3) is 5.89 Å². The van der Waals surface area contributed by atoms with E-state index in [0.717, 1.165) is 31.7 Å². The van der Waals surface area contributed by atoms with E-state index in [1.807, 2.05) is 30.5 Å². The van der Waals surface area contributed by atoms with Gasteiger partial charge in [0, 0.05) is 19.3 Å². The van der Waals surface area contributed by atoms with Crippen LogP contribution in [0.2, 0.25) is 0 Å². The Morgan fingerprint density at radius 2 is 2.18 bits per heavy atom. The largest absolute Gasteiger partial charge is 0.459 e. The first-order valence-corrected chi connectivity index (χ1v) is 7.38. The van der Waals surface area contributed by atoms with E-state index in [9.17, 15) is 0 Å². The molecule has 1 unspecified atom stereocenters. The Morgan fingerprint density at radius 3 is 3.00 bits per heavy atom. The Hall–Kier alpha value is -2.47. The third-order valence-electron chi connectivity index (χ3n) is 3.91. The highest BCUT2D eigenvalue weighted by molar-refractivity contribution is 5.42. The third kappa shape index (κ3) is 2.65. The second-order valence-electron chi connectivity index (χ2n) is 5.46. The van der Waals surface area contributed by atoms with E-state index in [2.05, 4.69) is 26.1 Å². The number of likely N-dealkylation sites (tertiary alicyclic amines) is 1. The van der Waals surface area contributed by atoms with Gasteiger partial charge in [-0.25, -0.2) is 0 Å². The van der Waals surface area contributed by atoms with Crippen molar-refractivity contribution in [3.63, 3.8) is 0 Å². The number of pyridine rings is 1. The molecule has 6 heteroatoms. The number of rotatable bonds is 4. The summed E-state index contributed by atoms with van der Waals surface area (Å²) in [6, 6.07) is 9.63. The molecular weight excluding hydrogens is 280 g/mol. The minimum atomic E-state index is 0.278. The summed E-state index contributed by atoms with van der Waals surface area (Å²) in [5.74, 6) is 2.03. The van der Waals surface area contributed by atoms with E-state index in [-0.39, 0.29) is 5.92 Å². The number of aromatic nitrogens is 3. The van der Waals surface area contributed by atoms with E-state index in [4.69, 9.17) is 8.83 Å². The predicted molar refractivity (Wildman–Crippen MR) is 78.9 cm³/mol.